The number of imidazole rings is 1. The van der Waals surface area contributed by atoms with Crippen molar-refractivity contribution >= 4 is 44.6 Å². The van der Waals surface area contributed by atoms with E-state index >= 15 is 0 Å². The summed E-state index contributed by atoms with van der Waals surface area (Å²) in [6.45, 7) is 1.14. The molecule has 3 nitrogen and oxygen atoms in total. The Hall–Kier alpha value is -1.85. The summed E-state index contributed by atoms with van der Waals surface area (Å²) in [4.78, 5) is 4.11. The van der Waals surface area contributed by atoms with Gasteiger partial charge >= 0.3 is 0 Å². The summed E-state index contributed by atoms with van der Waals surface area (Å²) in [5, 5.41) is 4.62. The first-order valence-electron chi connectivity index (χ1n) is 8.18. The van der Waals surface area contributed by atoms with Crippen LogP contribution in [-0.2, 0) is 17.9 Å². The number of fused-ring (bicyclic) bond motifs is 1. The van der Waals surface area contributed by atoms with E-state index in [1.807, 2.05) is 22.9 Å². The zero-order valence-corrected chi connectivity index (χ0v) is 16.1. The lowest BCUT2D eigenvalue weighted by Gasteiger charge is -2.20. The lowest BCUT2D eigenvalue weighted by molar-refractivity contribution is 0.0288. The van der Waals surface area contributed by atoms with E-state index in [2.05, 4.69) is 34.6 Å². The van der Waals surface area contributed by atoms with E-state index in [1.54, 1.807) is 29.9 Å². The van der Waals surface area contributed by atoms with Crippen molar-refractivity contribution in [2.45, 2.75) is 19.3 Å². The van der Waals surface area contributed by atoms with Crippen LogP contribution in [0.15, 0.2) is 66.6 Å². The second-order valence-corrected chi connectivity index (χ2v) is 7.74. The smallest absolute Gasteiger partial charge is 0.102 e. The van der Waals surface area contributed by atoms with E-state index in [9.17, 15) is 0 Å². The molecule has 0 fully saturated rings. The molecule has 0 aliphatic carbocycles. The van der Waals surface area contributed by atoms with Crippen molar-refractivity contribution in [3.05, 3.63) is 87.7 Å². The van der Waals surface area contributed by atoms with Crippen LogP contribution < -0.4 is 0 Å². The maximum Gasteiger partial charge on any atom is 0.102 e. The number of hydrogen-bond acceptors (Lipinski definition) is 3. The highest BCUT2D eigenvalue weighted by Crippen LogP contribution is 2.32. The van der Waals surface area contributed by atoms with Crippen molar-refractivity contribution in [2.24, 2.45) is 0 Å². The van der Waals surface area contributed by atoms with Crippen LogP contribution in [-0.4, -0.2) is 9.55 Å². The number of benzene rings is 2. The molecule has 0 N–H and O–H groups in total. The summed E-state index contributed by atoms with van der Waals surface area (Å²) in [5.74, 6) is 0. The van der Waals surface area contributed by atoms with Gasteiger partial charge < -0.3 is 9.30 Å². The zero-order valence-electron chi connectivity index (χ0n) is 13.8. The molecule has 4 aromatic rings. The zero-order chi connectivity index (χ0) is 17.9. The van der Waals surface area contributed by atoms with Crippen molar-refractivity contribution in [1.82, 2.24) is 9.55 Å². The molecule has 26 heavy (non-hydrogen) atoms. The van der Waals surface area contributed by atoms with Crippen molar-refractivity contribution in [2.75, 3.05) is 0 Å². The Morgan fingerprint density at radius 2 is 2.04 bits per heavy atom. The third kappa shape index (κ3) is 3.79. The molecule has 0 saturated heterocycles. The Bertz CT molecular complexity index is 1010. The average Bonchev–Trinajstić information content (AvgIpc) is 3.29. The van der Waals surface area contributed by atoms with Crippen LogP contribution in [0.4, 0.5) is 0 Å². The van der Waals surface area contributed by atoms with E-state index in [1.165, 1.54) is 15.6 Å². The minimum atomic E-state index is -0.201. The number of hydrogen-bond donors (Lipinski definition) is 0. The molecule has 132 valence electrons. The average molecular weight is 403 g/mol. The number of nitrogens with zero attached hydrogens (tertiary/aromatic N) is 2. The molecule has 0 saturated carbocycles. The number of halogens is 2. The van der Waals surface area contributed by atoms with Gasteiger partial charge in [-0.3, -0.25) is 0 Å². The van der Waals surface area contributed by atoms with Crippen LogP contribution in [0.2, 0.25) is 10.0 Å². The molecular weight excluding hydrogens is 387 g/mol. The Morgan fingerprint density at radius 1 is 1.15 bits per heavy atom. The third-order valence-corrected chi connectivity index (χ3v) is 5.82. The maximum atomic E-state index is 6.43. The Morgan fingerprint density at radius 3 is 2.85 bits per heavy atom. The first-order chi connectivity index (χ1) is 12.7. The monoisotopic (exact) mass is 402 g/mol. The lowest BCUT2D eigenvalue weighted by atomic mass is 10.1. The molecule has 2 aromatic heterocycles. The summed E-state index contributed by atoms with van der Waals surface area (Å²) >= 11 is 14.2. The molecule has 0 aliphatic rings. The Kier molecular flexibility index (Phi) is 5.27. The number of aromatic nitrogens is 2. The van der Waals surface area contributed by atoms with Gasteiger partial charge in [-0.2, -0.15) is 0 Å². The van der Waals surface area contributed by atoms with Gasteiger partial charge in [0.1, 0.15) is 6.10 Å². The van der Waals surface area contributed by atoms with Crippen molar-refractivity contribution in [1.29, 1.82) is 0 Å². The molecule has 2 aromatic carbocycles. The van der Waals surface area contributed by atoms with Gasteiger partial charge in [0.05, 0.1) is 19.5 Å². The highest BCUT2D eigenvalue weighted by molar-refractivity contribution is 7.17. The fourth-order valence-electron chi connectivity index (χ4n) is 2.92. The lowest BCUT2D eigenvalue weighted by Crippen LogP contribution is -2.12. The van der Waals surface area contributed by atoms with Crippen LogP contribution in [0.5, 0.6) is 0 Å². The molecule has 0 bridgehead atoms. The quantitative estimate of drug-likeness (QED) is 0.374. The highest BCUT2D eigenvalue weighted by atomic mass is 35.5. The fraction of sp³-hybridized carbons (Fsp3) is 0.150. The van der Waals surface area contributed by atoms with E-state index < -0.39 is 0 Å². The highest BCUT2D eigenvalue weighted by Gasteiger charge is 2.18. The van der Waals surface area contributed by atoms with E-state index in [0.29, 0.717) is 23.2 Å². The molecule has 0 aliphatic heterocycles. The molecule has 0 radical (unpaired) electrons. The van der Waals surface area contributed by atoms with Gasteiger partial charge in [0.2, 0.25) is 0 Å². The fourth-order valence-corrected chi connectivity index (χ4v) is 4.40. The van der Waals surface area contributed by atoms with Gasteiger partial charge in [0.15, 0.2) is 0 Å². The van der Waals surface area contributed by atoms with Crippen LogP contribution in [0.25, 0.3) is 10.1 Å². The van der Waals surface area contributed by atoms with Gasteiger partial charge in [-0.15, -0.1) is 11.3 Å². The van der Waals surface area contributed by atoms with Gasteiger partial charge in [-0.25, -0.2) is 4.98 Å². The van der Waals surface area contributed by atoms with Crippen LogP contribution in [0, 0.1) is 0 Å². The summed E-state index contributed by atoms with van der Waals surface area (Å²) in [6.07, 6.45) is 5.25. The van der Waals surface area contributed by atoms with Gasteiger partial charge in [-0.1, -0.05) is 47.5 Å². The van der Waals surface area contributed by atoms with Crippen LogP contribution in [0.1, 0.15) is 17.2 Å². The molecule has 1 unspecified atom stereocenters. The van der Waals surface area contributed by atoms with Crippen LogP contribution in [0.3, 0.4) is 0 Å². The van der Waals surface area contributed by atoms with E-state index in [-0.39, 0.29) is 6.10 Å². The summed E-state index contributed by atoms with van der Waals surface area (Å²) < 4.78 is 9.56. The SMILES string of the molecule is Clc1ccc(C(Cn2ccnc2)OCc2csc3ccccc23)c(Cl)c1. The normalized spacial score (nSPS) is 12.5. The second kappa shape index (κ2) is 7.80. The molecule has 0 amide bonds. The van der Waals surface area contributed by atoms with Crippen molar-refractivity contribution in [3.63, 3.8) is 0 Å². The molecule has 1 atom stereocenters. The standard InChI is InChI=1S/C20H16Cl2N2OS/c21-15-5-6-17(18(22)9-15)19(10-24-8-7-23-13-24)25-11-14-12-26-20-4-2-1-3-16(14)20/h1-9,12-13,19H,10-11H2. The number of thiophene rings is 1. The Labute approximate surface area is 165 Å². The number of rotatable bonds is 6. The van der Waals surface area contributed by atoms with Gasteiger partial charge in [0.25, 0.3) is 0 Å². The minimum absolute atomic E-state index is 0.201. The van der Waals surface area contributed by atoms with E-state index in [4.69, 9.17) is 27.9 Å². The Balaban J connectivity index is 1.60. The molecule has 2 heterocycles. The molecular formula is C20H16Cl2N2OS. The summed E-state index contributed by atoms with van der Waals surface area (Å²) in [7, 11) is 0. The predicted octanol–water partition coefficient (Wildman–Crippen LogP) is 6.36. The number of ether oxygens (including phenoxy) is 1. The third-order valence-electron chi connectivity index (χ3n) is 4.25. The van der Waals surface area contributed by atoms with Crippen molar-refractivity contribution < 1.29 is 4.74 Å². The summed E-state index contributed by atoms with van der Waals surface area (Å²) in [5.41, 5.74) is 2.11. The van der Waals surface area contributed by atoms with E-state index in [0.717, 1.165) is 5.56 Å². The molecule has 4 rings (SSSR count). The summed E-state index contributed by atoms with van der Waals surface area (Å²) in [6, 6.07) is 13.9. The molecule has 0 spiro atoms. The maximum absolute atomic E-state index is 6.43. The minimum Gasteiger partial charge on any atom is -0.367 e. The first-order valence-corrected chi connectivity index (χ1v) is 9.81. The van der Waals surface area contributed by atoms with Crippen LogP contribution >= 0.6 is 34.5 Å². The van der Waals surface area contributed by atoms with Gasteiger partial charge in [-0.05, 0) is 34.5 Å². The topological polar surface area (TPSA) is 27.1 Å². The molecule has 6 heteroatoms. The van der Waals surface area contributed by atoms with Crippen molar-refractivity contribution in [3.8, 4) is 0 Å². The first kappa shape index (κ1) is 17.6. The predicted molar refractivity (Wildman–Crippen MR) is 108 cm³/mol. The largest absolute Gasteiger partial charge is 0.367 e. The second-order valence-electron chi connectivity index (χ2n) is 5.98. The van der Waals surface area contributed by atoms with Gasteiger partial charge in [0, 0.05) is 32.7 Å².